The summed E-state index contributed by atoms with van der Waals surface area (Å²) in [7, 11) is 0. The highest BCUT2D eigenvalue weighted by atomic mass is 32.2. The van der Waals surface area contributed by atoms with Crippen LogP contribution in [0.25, 0.3) is 0 Å². The van der Waals surface area contributed by atoms with Crippen LogP contribution in [0.15, 0.2) is 0 Å². The normalized spacial score (nSPS) is 29.6. The van der Waals surface area contributed by atoms with Crippen molar-refractivity contribution in [2.45, 2.75) is 43.1 Å². The molecule has 2 amide bonds. The van der Waals surface area contributed by atoms with Gasteiger partial charge in [0, 0.05) is 18.3 Å². The topological polar surface area (TPSA) is 81.1 Å². The molecule has 1 aliphatic heterocycles. The molecule has 3 aliphatic rings. The van der Waals surface area contributed by atoms with Crippen molar-refractivity contribution >= 4 is 23.8 Å². The molecule has 0 aromatic rings. The Morgan fingerprint density at radius 1 is 1.25 bits per heavy atom. The number of nitrogens with zero attached hydrogens (tertiary/aromatic N) is 2. The van der Waals surface area contributed by atoms with Crippen molar-refractivity contribution in [1.29, 1.82) is 0 Å². The standard InChI is InChI=1S/C13H20N2O4S/c16-6-5-14(9-3-4-9)13(19)15-10(12(17)18)7-20-11(15)8-1-2-8/h8-11,16H,1-7H2,(H,17,18). The van der Waals surface area contributed by atoms with Gasteiger partial charge in [-0.25, -0.2) is 9.59 Å². The fourth-order valence-corrected chi connectivity index (χ4v) is 4.41. The van der Waals surface area contributed by atoms with Crippen molar-refractivity contribution in [3.05, 3.63) is 0 Å². The Bertz CT molecular complexity index is 411. The Morgan fingerprint density at radius 3 is 2.45 bits per heavy atom. The lowest BCUT2D eigenvalue weighted by atomic mass is 10.2. The molecule has 2 atom stereocenters. The molecule has 6 nitrogen and oxygen atoms in total. The van der Waals surface area contributed by atoms with E-state index in [0.29, 0.717) is 18.2 Å². The zero-order valence-corrected chi connectivity index (χ0v) is 12.1. The third-order valence-corrected chi connectivity index (χ3v) is 5.60. The molecule has 2 N–H and O–H groups in total. The summed E-state index contributed by atoms with van der Waals surface area (Å²) in [6.45, 7) is 0.226. The predicted octanol–water partition coefficient (Wildman–Crippen LogP) is 0.801. The summed E-state index contributed by atoms with van der Waals surface area (Å²) in [5, 5.41) is 18.5. The number of carbonyl (C=O) groups excluding carboxylic acids is 1. The maximum absolute atomic E-state index is 12.7. The van der Waals surface area contributed by atoms with Gasteiger partial charge < -0.3 is 15.1 Å². The Hall–Kier alpha value is -0.950. The fraction of sp³-hybridized carbons (Fsp3) is 0.846. The molecule has 2 unspecified atom stereocenters. The quantitative estimate of drug-likeness (QED) is 0.785. The maximum Gasteiger partial charge on any atom is 0.327 e. The molecule has 7 heteroatoms. The molecular formula is C13H20N2O4S. The Balaban J connectivity index is 1.78. The number of aliphatic hydroxyl groups excluding tert-OH is 1. The number of carboxylic acid groups (broad SMARTS) is 1. The molecule has 0 spiro atoms. The fourth-order valence-electron chi connectivity index (χ4n) is 2.78. The molecule has 112 valence electrons. The van der Waals surface area contributed by atoms with Gasteiger partial charge in [-0.05, 0) is 31.6 Å². The van der Waals surface area contributed by atoms with Crippen LogP contribution in [0.2, 0.25) is 0 Å². The second kappa shape index (κ2) is 5.44. The first-order valence-electron chi connectivity index (χ1n) is 7.17. The van der Waals surface area contributed by atoms with Crippen LogP contribution in [-0.2, 0) is 4.79 Å². The number of thioether (sulfide) groups is 1. The number of aliphatic carboxylic acids is 1. The molecule has 2 saturated carbocycles. The highest BCUT2D eigenvalue weighted by Crippen LogP contribution is 2.46. The number of carbonyl (C=O) groups is 2. The first-order valence-corrected chi connectivity index (χ1v) is 8.22. The van der Waals surface area contributed by atoms with Gasteiger partial charge in [0.2, 0.25) is 0 Å². The zero-order valence-electron chi connectivity index (χ0n) is 11.3. The molecule has 0 bridgehead atoms. The number of urea groups is 1. The summed E-state index contributed by atoms with van der Waals surface area (Å²) in [6, 6.07) is -0.733. The number of carboxylic acids is 1. The van der Waals surface area contributed by atoms with E-state index in [1.165, 1.54) is 0 Å². The van der Waals surface area contributed by atoms with Crippen LogP contribution in [0, 0.1) is 5.92 Å². The minimum Gasteiger partial charge on any atom is -0.480 e. The van der Waals surface area contributed by atoms with Gasteiger partial charge in [0.1, 0.15) is 6.04 Å². The molecule has 1 saturated heterocycles. The van der Waals surface area contributed by atoms with Crippen molar-refractivity contribution < 1.29 is 19.8 Å². The molecule has 0 aromatic heterocycles. The lowest BCUT2D eigenvalue weighted by molar-refractivity contribution is -0.141. The van der Waals surface area contributed by atoms with Gasteiger partial charge in [0.25, 0.3) is 0 Å². The third kappa shape index (κ3) is 2.61. The molecule has 1 heterocycles. The number of amides is 2. The van der Waals surface area contributed by atoms with Crippen molar-refractivity contribution in [2.24, 2.45) is 5.92 Å². The predicted molar refractivity (Wildman–Crippen MR) is 74.4 cm³/mol. The SMILES string of the molecule is O=C(O)C1CSC(C2CC2)N1C(=O)N(CCO)C1CC1. The highest BCUT2D eigenvalue weighted by molar-refractivity contribution is 8.00. The van der Waals surface area contributed by atoms with Gasteiger partial charge in [-0.2, -0.15) is 0 Å². The average Bonchev–Trinajstić information content (AvgIpc) is 3.33. The molecule has 3 fully saturated rings. The minimum atomic E-state index is -0.922. The summed E-state index contributed by atoms with van der Waals surface area (Å²) in [6.07, 6.45) is 4.07. The first-order chi connectivity index (χ1) is 9.63. The molecule has 0 radical (unpaired) electrons. The van der Waals surface area contributed by atoms with Gasteiger partial charge in [0.05, 0.1) is 12.0 Å². The highest BCUT2D eigenvalue weighted by Gasteiger charge is 2.50. The number of aliphatic hydroxyl groups is 1. The van der Waals surface area contributed by atoms with Crippen LogP contribution in [0.3, 0.4) is 0 Å². The van der Waals surface area contributed by atoms with Crippen LogP contribution < -0.4 is 0 Å². The lowest BCUT2D eigenvalue weighted by Crippen LogP contribution is -2.53. The Morgan fingerprint density at radius 2 is 1.95 bits per heavy atom. The van der Waals surface area contributed by atoms with Crippen LogP contribution in [0.5, 0.6) is 0 Å². The third-order valence-electron chi connectivity index (χ3n) is 4.14. The van der Waals surface area contributed by atoms with Crippen LogP contribution >= 0.6 is 11.8 Å². The Labute approximate surface area is 122 Å². The van der Waals surface area contributed by atoms with E-state index in [1.54, 1.807) is 21.6 Å². The monoisotopic (exact) mass is 300 g/mol. The second-order valence-electron chi connectivity index (χ2n) is 5.75. The van der Waals surface area contributed by atoms with E-state index in [9.17, 15) is 14.7 Å². The largest absolute Gasteiger partial charge is 0.480 e. The van der Waals surface area contributed by atoms with E-state index in [4.69, 9.17) is 5.11 Å². The van der Waals surface area contributed by atoms with Gasteiger partial charge in [-0.1, -0.05) is 0 Å². The second-order valence-corrected chi connectivity index (χ2v) is 6.90. The summed E-state index contributed by atoms with van der Waals surface area (Å²) in [5.74, 6) is -0.00270. The van der Waals surface area contributed by atoms with E-state index in [2.05, 4.69) is 0 Å². The van der Waals surface area contributed by atoms with E-state index in [0.717, 1.165) is 25.7 Å². The summed E-state index contributed by atoms with van der Waals surface area (Å²) in [5.41, 5.74) is 0. The van der Waals surface area contributed by atoms with Gasteiger partial charge in [0.15, 0.2) is 0 Å². The van der Waals surface area contributed by atoms with E-state index < -0.39 is 12.0 Å². The van der Waals surface area contributed by atoms with E-state index >= 15 is 0 Å². The lowest BCUT2D eigenvalue weighted by Gasteiger charge is -2.33. The van der Waals surface area contributed by atoms with E-state index in [1.807, 2.05) is 0 Å². The van der Waals surface area contributed by atoms with E-state index in [-0.39, 0.29) is 24.1 Å². The van der Waals surface area contributed by atoms with Crippen LogP contribution in [-0.4, -0.2) is 68.4 Å². The van der Waals surface area contributed by atoms with Gasteiger partial charge in [-0.3, -0.25) is 4.90 Å². The van der Waals surface area contributed by atoms with Crippen LogP contribution in [0.4, 0.5) is 4.79 Å². The number of hydrogen-bond acceptors (Lipinski definition) is 4. The number of hydrogen-bond donors (Lipinski definition) is 2. The van der Waals surface area contributed by atoms with Crippen molar-refractivity contribution in [2.75, 3.05) is 18.9 Å². The smallest absolute Gasteiger partial charge is 0.327 e. The maximum atomic E-state index is 12.7. The average molecular weight is 300 g/mol. The summed E-state index contributed by atoms with van der Waals surface area (Å²) >= 11 is 1.59. The Kier molecular flexibility index (Phi) is 3.81. The van der Waals surface area contributed by atoms with Crippen molar-refractivity contribution in [1.82, 2.24) is 9.80 Å². The zero-order chi connectivity index (χ0) is 14.3. The summed E-state index contributed by atoms with van der Waals surface area (Å²) in [4.78, 5) is 27.4. The van der Waals surface area contributed by atoms with Crippen molar-refractivity contribution in [3.8, 4) is 0 Å². The van der Waals surface area contributed by atoms with Gasteiger partial charge in [-0.15, -0.1) is 11.8 Å². The molecule has 20 heavy (non-hydrogen) atoms. The summed E-state index contributed by atoms with van der Waals surface area (Å²) < 4.78 is 0. The molecule has 3 rings (SSSR count). The van der Waals surface area contributed by atoms with Crippen LogP contribution in [0.1, 0.15) is 25.7 Å². The molecular weight excluding hydrogens is 280 g/mol. The molecule has 0 aromatic carbocycles. The first kappa shape index (κ1) is 14.0. The minimum absolute atomic E-state index is 0.00328. The number of rotatable bonds is 5. The molecule has 2 aliphatic carbocycles. The van der Waals surface area contributed by atoms with Gasteiger partial charge >= 0.3 is 12.0 Å². The van der Waals surface area contributed by atoms with Crippen molar-refractivity contribution in [3.63, 3.8) is 0 Å².